The lowest BCUT2D eigenvalue weighted by Gasteiger charge is -2.20. The molecular weight excluding hydrogens is 324 g/mol. The van der Waals surface area contributed by atoms with Gasteiger partial charge in [0.25, 0.3) is 0 Å². The van der Waals surface area contributed by atoms with Crippen LogP contribution in [-0.2, 0) is 9.47 Å². The lowest BCUT2D eigenvalue weighted by atomic mass is 10.1. The van der Waals surface area contributed by atoms with Crippen LogP contribution in [0, 0.1) is 5.92 Å². The summed E-state index contributed by atoms with van der Waals surface area (Å²) >= 11 is 0. The van der Waals surface area contributed by atoms with E-state index in [9.17, 15) is 19.8 Å². The van der Waals surface area contributed by atoms with Gasteiger partial charge in [0, 0.05) is 5.92 Å². The van der Waals surface area contributed by atoms with Crippen molar-refractivity contribution in [3.63, 3.8) is 0 Å². The number of benzene rings is 2. The third-order valence-corrected chi connectivity index (χ3v) is 3.61. The molecule has 2 N–H and O–H groups in total. The molecule has 0 aliphatic rings. The topological polar surface area (TPSA) is 93.1 Å². The molecule has 6 nitrogen and oxygen atoms in total. The van der Waals surface area contributed by atoms with E-state index >= 15 is 0 Å². The van der Waals surface area contributed by atoms with Crippen molar-refractivity contribution in [3.8, 4) is 0 Å². The predicted molar refractivity (Wildman–Crippen MR) is 90.0 cm³/mol. The molecule has 0 spiro atoms. The van der Waals surface area contributed by atoms with Crippen molar-refractivity contribution in [2.75, 3.05) is 19.8 Å². The quantitative estimate of drug-likeness (QED) is 0.708. The zero-order valence-electron chi connectivity index (χ0n) is 13.6. The first-order valence-electron chi connectivity index (χ1n) is 7.85. The molecule has 6 heteroatoms. The number of rotatable bonds is 8. The molecule has 0 amide bonds. The molecular formula is C19H20O6. The van der Waals surface area contributed by atoms with E-state index in [2.05, 4.69) is 0 Å². The summed E-state index contributed by atoms with van der Waals surface area (Å²) in [5.41, 5.74) is 0.745. The molecule has 2 aromatic rings. The molecule has 0 fully saturated rings. The normalized spacial score (nSPS) is 12.9. The maximum Gasteiger partial charge on any atom is 0.338 e. The second-order valence-corrected chi connectivity index (χ2v) is 5.44. The maximum atomic E-state index is 11.9. The molecule has 0 heterocycles. The van der Waals surface area contributed by atoms with Gasteiger partial charge < -0.3 is 19.7 Å². The van der Waals surface area contributed by atoms with Crippen LogP contribution >= 0.6 is 0 Å². The van der Waals surface area contributed by atoms with E-state index in [1.165, 1.54) is 0 Å². The number of hydrogen-bond donors (Lipinski definition) is 2. The zero-order chi connectivity index (χ0) is 18.1. The molecule has 132 valence electrons. The fraction of sp³-hybridized carbons (Fsp3) is 0.263. The molecule has 2 atom stereocenters. The number of esters is 2. The first-order valence-corrected chi connectivity index (χ1v) is 7.85. The summed E-state index contributed by atoms with van der Waals surface area (Å²) in [5.74, 6) is -1.87. The van der Waals surface area contributed by atoms with Gasteiger partial charge in [0.05, 0.1) is 30.4 Å². The molecule has 0 aliphatic heterocycles. The summed E-state index contributed by atoms with van der Waals surface area (Å²) in [7, 11) is 0. The fourth-order valence-corrected chi connectivity index (χ4v) is 2.08. The van der Waals surface area contributed by atoms with Crippen LogP contribution in [0.2, 0.25) is 0 Å². The Balaban J connectivity index is 1.81. The van der Waals surface area contributed by atoms with Crippen LogP contribution in [0.1, 0.15) is 20.7 Å². The molecule has 0 unspecified atom stereocenters. The van der Waals surface area contributed by atoms with Crippen molar-refractivity contribution in [2.24, 2.45) is 5.92 Å². The van der Waals surface area contributed by atoms with E-state index in [-0.39, 0.29) is 13.2 Å². The lowest BCUT2D eigenvalue weighted by Crippen LogP contribution is -2.33. The Kier molecular flexibility index (Phi) is 7.13. The van der Waals surface area contributed by atoms with Crippen LogP contribution in [0.15, 0.2) is 60.7 Å². The minimum absolute atomic E-state index is 0.186. The van der Waals surface area contributed by atoms with Crippen molar-refractivity contribution < 1.29 is 29.3 Å². The average molecular weight is 344 g/mol. The Bertz CT molecular complexity index is 671. The monoisotopic (exact) mass is 344 g/mol. The van der Waals surface area contributed by atoms with Crippen LogP contribution in [0.25, 0.3) is 0 Å². The standard InChI is InChI=1S/C19H20O6/c20-11-16(12-24-18(22)14-7-3-1-4-8-14)17(21)13-25-19(23)15-9-5-2-6-10-15/h1-10,16-17,20-21H,11-13H2/t16-,17+/m0/s1. The lowest BCUT2D eigenvalue weighted by molar-refractivity contribution is -0.0256. The van der Waals surface area contributed by atoms with Crippen molar-refractivity contribution in [1.29, 1.82) is 0 Å². The van der Waals surface area contributed by atoms with Gasteiger partial charge in [0.1, 0.15) is 6.61 Å². The summed E-state index contributed by atoms with van der Waals surface area (Å²) < 4.78 is 10.1. The second-order valence-electron chi connectivity index (χ2n) is 5.44. The van der Waals surface area contributed by atoms with Crippen molar-refractivity contribution in [1.82, 2.24) is 0 Å². The zero-order valence-corrected chi connectivity index (χ0v) is 13.6. The highest BCUT2D eigenvalue weighted by molar-refractivity contribution is 5.89. The average Bonchev–Trinajstić information content (AvgIpc) is 2.67. The van der Waals surface area contributed by atoms with Crippen LogP contribution < -0.4 is 0 Å². The fourth-order valence-electron chi connectivity index (χ4n) is 2.08. The molecule has 2 rings (SSSR count). The number of ether oxygens (including phenoxy) is 2. The molecule has 0 saturated heterocycles. The van der Waals surface area contributed by atoms with Crippen molar-refractivity contribution >= 4 is 11.9 Å². The van der Waals surface area contributed by atoms with Gasteiger partial charge in [-0.3, -0.25) is 0 Å². The van der Waals surface area contributed by atoms with Gasteiger partial charge in [0.2, 0.25) is 0 Å². The van der Waals surface area contributed by atoms with E-state index in [1.807, 2.05) is 0 Å². The van der Waals surface area contributed by atoms with Gasteiger partial charge in [-0.1, -0.05) is 36.4 Å². The minimum Gasteiger partial charge on any atom is -0.462 e. The number of aliphatic hydroxyl groups is 2. The third kappa shape index (κ3) is 5.70. The SMILES string of the molecule is O=C(OC[C@H](CO)[C@H](O)COC(=O)c1ccccc1)c1ccccc1. The first-order chi connectivity index (χ1) is 12.1. The largest absolute Gasteiger partial charge is 0.462 e. The van der Waals surface area contributed by atoms with Crippen LogP contribution in [0.5, 0.6) is 0 Å². The predicted octanol–water partition coefficient (Wildman–Crippen LogP) is 1.67. The van der Waals surface area contributed by atoms with E-state index in [0.29, 0.717) is 11.1 Å². The van der Waals surface area contributed by atoms with Crippen LogP contribution in [0.3, 0.4) is 0 Å². The van der Waals surface area contributed by atoms with Crippen molar-refractivity contribution in [2.45, 2.75) is 6.10 Å². The van der Waals surface area contributed by atoms with E-state index < -0.39 is 30.6 Å². The maximum absolute atomic E-state index is 11.9. The Labute approximate surface area is 145 Å². The third-order valence-electron chi connectivity index (χ3n) is 3.61. The number of aliphatic hydroxyl groups excluding tert-OH is 2. The number of hydrogen-bond acceptors (Lipinski definition) is 6. The minimum atomic E-state index is -1.15. The smallest absolute Gasteiger partial charge is 0.338 e. The molecule has 0 radical (unpaired) electrons. The molecule has 2 aromatic carbocycles. The van der Waals surface area contributed by atoms with E-state index in [0.717, 1.165) is 0 Å². The summed E-state index contributed by atoms with van der Waals surface area (Å²) in [6, 6.07) is 16.8. The Morgan fingerprint density at radius 2 is 1.24 bits per heavy atom. The highest BCUT2D eigenvalue weighted by Gasteiger charge is 2.22. The van der Waals surface area contributed by atoms with Gasteiger partial charge in [-0.05, 0) is 24.3 Å². The second kappa shape index (κ2) is 9.56. The summed E-state index contributed by atoms with van der Waals surface area (Å²) in [4.78, 5) is 23.7. The molecule has 0 saturated carbocycles. The Hall–Kier alpha value is -2.70. The molecule has 0 bridgehead atoms. The number of carbonyl (C=O) groups is 2. The van der Waals surface area contributed by atoms with Crippen molar-refractivity contribution in [3.05, 3.63) is 71.8 Å². The number of carbonyl (C=O) groups excluding carboxylic acids is 2. The Morgan fingerprint density at radius 1 is 0.800 bits per heavy atom. The van der Waals surface area contributed by atoms with E-state index in [4.69, 9.17) is 9.47 Å². The van der Waals surface area contributed by atoms with Gasteiger partial charge in [-0.2, -0.15) is 0 Å². The van der Waals surface area contributed by atoms with Gasteiger partial charge in [-0.25, -0.2) is 9.59 Å². The van der Waals surface area contributed by atoms with Crippen LogP contribution in [-0.4, -0.2) is 48.1 Å². The summed E-state index contributed by atoms with van der Waals surface area (Å²) in [6.45, 7) is -0.901. The summed E-state index contributed by atoms with van der Waals surface area (Å²) in [5, 5.41) is 19.4. The molecule has 0 aromatic heterocycles. The first kappa shape index (κ1) is 18.6. The molecule has 0 aliphatic carbocycles. The van der Waals surface area contributed by atoms with E-state index in [1.54, 1.807) is 60.7 Å². The van der Waals surface area contributed by atoms with Gasteiger partial charge in [-0.15, -0.1) is 0 Å². The van der Waals surface area contributed by atoms with Gasteiger partial charge in [0.15, 0.2) is 0 Å². The molecule has 25 heavy (non-hydrogen) atoms. The summed E-state index contributed by atoms with van der Waals surface area (Å²) in [6.07, 6.45) is -1.15. The van der Waals surface area contributed by atoms with Crippen LogP contribution in [0.4, 0.5) is 0 Å². The highest BCUT2D eigenvalue weighted by atomic mass is 16.5. The van der Waals surface area contributed by atoms with Gasteiger partial charge >= 0.3 is 11.9 Å². The Morgan fingerprint density at radius 3 is 1.68 bits per heavy atom. The highest BCUT2D eigenvalue weighted by Crippen LogP contribution is 2.09.